The summed E-state index contributed by atoms with van der Waals surface area (Å²) in [7, 11) is 0. The quantitative estimate of drug-likeness (QED) is 0.682. The van der Waals surface area contributed by atoms with Crippen molar-refractivity contribution in [1.82, 2.24) is 9.38 Å². The van der Waals surface area contributed by atoms with Gasteiger partial charge >= 0.3 is 0 Å². The minimum atomic E-state index is -0.489. The van der Waals surface area contributed by atoms with E-state index in [0.717, 1.165) is 21.4 Å². The molecule has 0 aliphatic rings. The molecule has 86 valence electrons. The van der Waals surface area contributed by atoms with E-state index in [4.69, 9.17) is 11.5 Å². The minimum absolute atomic E-state index is 0.407. The zero-order valence-corrected chi connectivity index (χ0v) is 9.91. The van der Waals surface area contributed by atoms with Crippen LogP contribution >= 0.6 is 11.3 Å². The van der Waals surface area contributed by atoms with Crippen molar-refractivity contribution in [2.45, 2.75) is 6.92 Å². The first kappa shape index (κ1) is 10.1. The Morgan fingerprint density at radius 1 is 1.53 bits per heavy atom. The van der Waals surface area contributed by atoms with E-state index in [1.165, 1.54) is 11.3 Å². The molecule has 0 fully saturated rings. The number of anilines is 1. The van der Waals surface area contributed by atoms with E-state index in [9.17, 15) is 4.79 Å². The van der Waals surface area contributed by atoms with Gasteiger partial charge in [-0.2, -0.15) is 0 Å². The van der Waals surface area contributed by atoms with E-state index in [1.807, 2.05) is 23.6 Å². The second-order valence-corrected chi connectivity index (χ2v) is 4.87. The lowest BCUT2D eigenvalue weighted by Crippen LogP contribution is -2.10. The molecule has 0 spiro atoms. The van der Waals surface area contributed by atoms with Gasteiger partial charge < -0.3 is 11.5 Å². The number of carbonyl (C=O) groups excluding carboxylic acids is 1. The number of aryl methyl sites for hydroxylation is 1. The van der Waals surface area contributed by atoms with Crippen LogP contribution in [0.5, 0.6) is 0 Å². The van der Waals surface area contributed by atoms with Crippen LogP contribution in [0.15, 0.2) is 18.5 Å². The zero-order valence-electron chi connectivity index (χ0n) is 9.10. The second kappa shape index (κ2) is 3.21. The number of nitrogens with two attached hydrogens (primary N) is 2. The van der Waals surface area contributed by atoms with Crippen LogP contribution < -0.4 is 11.5 Å². The van der Waals surface area contributed by atoms with Crippen molar-refractivity contribution >= 4 is 38.8 Å². The average Bonchev–Trinajstić information content (AvgIpc) is 2.82. The highest BCUT2D eigenvalue weighted by atomic mass is 32.1. The molecule has 5 nitrogen and oxygen atoms in total. The summed E-state index contributed by atoms with van der Waals surface area (Å²) in [6.45, 7) is 1.95. The number of primary amides is 1. The normalized spacial score (nSPS) is 11.4. The van der Waals surface area contributed by atoms with E-state index in [1.54, 1.807) is 6.20 Å². The molecule has 1 amide bonds. The Kier molecular flexibility index (Phi) is 1.90. The number of carbonyl (C=O) groups is 1. The van der Waals surface area contributed by atoms with Crippen LogP contribution in [0, 0.1) is 6.92 Å². The minimum Gasteiger partial charge on any atom is -0.397 e. The summed E-state index contributed by atoms with van der Waals surface area (Å²) >= 11 is 1.30. The van der Waals surface area contributed by atoms with E-state index >= 15 is 0 Å². The number of pyridine rings is 1. The molecule has 4 N–H and O–H groups in total. The standard InChI is InChI=1S/C11H10N4OS/c1-5-4-6-14-2-3-15(6)11-7(5)8(12)9(17-11)10(13)16/h2-4H,12H2,1H3,(H2,13,16). The number of hydrogen-bond acceptors (Lipinski definition) is 4. The molecule has 0 saturated carbocycles. The number of amides is 1. The lowest BCUT2D eigenvalue weighted by molar-refractivity contribution is 0.100. The second-order valence-electron chi connectivity index (χ2n) is 3.87. The van der Waals surface area contributed by atoms with Crippen molar-refractivity contribution in [2.24, 2.45) is 5.73 Å². The van der Waals surface area contributed by atoms with Gasteiger partial charge in [-0.05, 0) is 18.6 Å². The summed E-state index contributed by atoms with van der Waals surface area (Å²) in [4.78, 5) is 16.8. The molecule has 0 atom stereocenters. The van der Waals surface area contributed by atoms with Gasteiger partial charge in [0.25, 0.3) is 5.91 Å². The van der Waals surface area contributed by atoms with Gasteiger partial charge in [0.15, 0.2) is 0 Å². The van der Waals surface area contributed by atoms with Gasteiger partial charge in [-0.25, -0.2) is 4.98 Å². The number of nitrogen functional groups attached to an aromatic ring is 1. The monoisotopic (exact) mass is 246 g/mol. The molecule has 0 bridgehead atoms. The Hall–Kier alpha value is -2.08. The van der Waals surface area contributed by atoms with Crippen molar-refractivity contribution in [1.29, 1.82) is 0 Å². The van der Waals surface area contributed by atoms with Crippen molar-refractivity contribution in [2.75, 3.05) is 5.73 Å². The summed E-state index contributed by atoms with van der Waals surface area (Å²) < 4.78 is 1.91. The molecular formula is C11H10N4OS. The lowest BCUT2D eigenvalue weighted by Gasteiger charge is -2.01. The van der Waals surface area contributed by atoms with Crippen molar-refractivity contribution in [3.63, 3.8) is 0 Å². The van der Waals surface area contributed by atoms with Gasteiger partial charge in [0.1, 0.15) is 15.4 Å². The SMILES string of the molecule is Cc1cc2nccn2c2sc(C(N)=O)c(N)c12. The first-order valence-corrected chi connectivity index (χ1v) is 5.85. The van der Waals surface area contributed by atoms with Crippen LogP contribution in [0.3, 0.4) is 0 Å². The van der Waals surface area contributed by atoms with Gasteiger partial charge in [-0.15, -0.1) is 11.3 Å². The van der Waals surface area contributed by atoms with Crippen molar-refractivity contribution in [3.05, 3.63) is 28.9 Å². The maximum absolute atomic E-state index is 11.3. The fraction of sp³-hybridized carbons (Fsp3) is 0.0909. The van der Waals surface area contributed by atoms with Gasteiger partial charge in [-0.3, -0.25) is 9.20 Å². The van der Waals surface area contributed by atoms with Gasteiger partial charge in [0.05, 0.1) is 5.69 Å². The molecule has 0 unspecified atom stereocenters. The van der Waals surface area contributed by atoms with Crippen LogP contribution in [-0.2, 0) is 0 Å². The highest BCUT2D eigenvalue weighted by molar-refractivity contribution is 7.21. The summed E-state index contributed by atoms with van der Waals surface area (Å²) in [5, 5.41) is 0.884. The molecular weight excluding hydrogens is 236 g/mol. The predicted molar refractivity (Wildman–Crippen MR) is 68.2 cm³/mol. The molecule has 0 aromatic carbocycles. The third kappa shape index (κ3) is 1.24. The maximum Gasteiger partial charge on any atom is 0.260 e. The molecule has 3 aromatic rings. The van der Waals surface area contributed by atoms with E-state index in [2.05, 4.69) is 4.98 Å². The average molecular weight is 246 g/mol. The highest BCUT2D eigenvalue weighted by Crippen LogP contribution is 2.36. The Bertz CT molecular complexity index is 756. The van der Waals surface area contributed by atoms with Gasteiger partial charge in [0, 0.05) is 17.8 Å². The fourth-order valence-electron chi connectivity index (χ4n) is 2.02. The number of nitrogens with zero attached hydrogens (tertiary/aromatic N) is 2. The van der Waals surface area contributed by atoms with Crippen molar-refractivity contribution in [3.8, 4) is 0 Å². The number of aromatic nitrogens is 2. The molecule has 0 radical (unpaired) electrons. The largest absolute Gasteiger partial charge is 0.397 e. The van der Waals surface area contributed by atoms with Crippen LogP contribution in [0.2, 0.25) is 0 Å². The van der Waals surface area contributed by atoms with Crippen LogP contribution in [0.1, 0.15) is 15.2 Å². The number of imidazole rings is 1. The number of thiophene rings is 1. The van der Waals surface area contributed by atoms with Gasteiger partial charge in [0.2, 0.25) is 0 Å². The van der Waals surface area contributed by atoms with E-state index in [0.29, 0.717) is 10.6 Å². The smallest absolute Gasteiger partial charge is 0.260 e. The summed E-state index contributed by atoms with van der Waals surface area (Å²) in [6.07, 6.45) is 3.56. The molecule has 3 rings (SSSR count). The van der Waals surface area contributed by atoms with Crippen LogP contribution in [0.25, 0.3) is 15.9 Å². The summed E-state index contributed by atoms with van der Waals surface area (Å²) in [5.41, 5.74) is 13.6. The predicted octanol–water partition coefficient (Wildman–Crippen LogP) is 1.54. The number of fused-ring (bicyclic) bond motifs is 3. The molecule has 3 heterocycles. The summed E-state index contributed by atoms with van der Waals surface area (Å²) in [5.74, 6) is -0.489. The number of hydrogen-bond donors (Lipinski definition) is 2. The van der Waals surface area contributed by atoms with E-state index in [-0.39, 0.29) is 0 Å². The summed E-state index contributed by atoms with van der Waals surface area (Å²) in [6, 6.07) is 1.94. The lowest BCUT2D eigenvalue weighted by atomic mass is 10.1. The highest BCUT2D eigenvalue weighted by Gasteiger charge is 2.17. The molecule has 0 aliphatic carbocycles. The third-order valence-electron chi connectivity index (χ3n) is 2.78. The first-order chi connectivity index (χ1) is 8.09. The zero-order chi connectivity index (χ0) is 12.2. The molecule has 0 saturated heterocycles. The topological polar surface area (TPSA) is 86.4 Å². The van der Waals surface area contributed by atoms with Crippen molar-refractivity contribution < 1.29 is 4.79 Å². The Labute approximate surface area is 101 Å². The van der Waals surface area contributed by atoms with Crippen LogP contribution in [-0.4, -0.2) is 15.3 Å². The van der Waals surface area contributed by atoms with E-state index < -0.39 is 5.91 Å². The molecule has 17 heavy (non-hydrogen) atoms. The van der Waals surface area contributed by atoms with Gasteiger partial charge in [-0.1, -0.05) is 0 Å². The Morgan fingerprint density at radius 3 is 3.00 bits per heavy atom. The molecule has 6 heteroatoms. The van der Waals surface area contributed by atoms with Crippen LogP contribution in [0.4, 0.5) is 5.69 Å². The fourth-order valence-corrected chi connectivity index (χ4v) is 3.16. The first-order valence-electron chi connectivity index (χ1n) is 5.04. The third-order valence-corrected chi connectivity index (χ3v) is 4.00. The molecule has 0 aliphatic heterocycles. The molecule has 3 aromatic heterocycles. The Balaban J connectivity index is 2.58. The maximum atomic E-state index is 11.3. The number of rotatable bonds is 1. The Morgan fingerprint density at radius 2 is 2.29 bits per heavy atom.